The number of hydrogen-bond acceptors (Lipinski definition) is 5. The lowest BCUT2D eigenvalue weighted by molar-refractivity contribution is -0.148. The predicted molar refractivity (Wildman–Crippen MR) is 95.5 cm³/mol. The van der Waals surface area contributed by atoms with E-state index in [1.54, 1.807) is 31.2 Å². The molecule has 6 heteroatoms. The maximum Gasteiger partial charge on any atom is 0.338 e. The summed E-state index contributed by atoms with van der Waals surface area (Å²) in [6.45, 7) is 1.76. The lowest BCUT2D eigenvalue weighted by atomic mass is 9.86. The van der Waals surface area contributed by atoms with Gasteiger partial charge in [0.1, 0.15) is 0 Å². The van der Waals surface area contributed by atoms with Crippen LogP contribution in [0, 0.1) is 17.8 Å². The minimum atomic E-state index is -0.403. The zero-order chi connectivity index (χ0) is 18.5. The molecule has 0 unspecified atom stereocenters. The van der Waals surface area contributed by atoms with Gasteiger partial charge in [-0.25, -0.2) is 4.79 Å². The number of carbonyl (C=O) groups is 3. The third-order valence-electron chi connectivity index (χ3n) is 5.36. The van der Waals surface area contributed by atoms with Crippen molar-refractivity contribution in [2.45, 2.75) is 39.0 Å². The Morgan fingerprint density at radius 1 is 1.08 bits per heavy atom. The lowest BCUT2D eigenvalue weighted by Crippen LogP contribution is -2.23. The van der Waals surface area contributed by atoms with Crippen LogP contribution < -0.4 is 5.32 Å². The van der Waals surface area contributed by atoms with Crippen molar-refractivity contribution in [3.8, 4) is 0 Å². The second-order valence-electron chi connectivity index (χ2n) is 7.15. The Balaban J connectivity index is 1.39. The summed E-state index contributed by atoms with van der Waals surface area (Å²) < 4.78 is 10.0. The van der Waals surface area contributed by atoms with Crippen LogP contribution in [0.15, 0.2) is 24.3 Å². The van der Waals surface area contributed by atoms with Crippen LogP contribution >= 0.6 is 0 Å². The molecule has 1 amide bonds. The third-order valence-corrected chi connectivity index (χ3v) is 5.36. The minimum Gasteiger partial charge on any atom is -0.462 e. The predicted octanol–water partition coefficient (Wildman–Crippen LogP) is 3.17. The quantitative estimate of drug-likeness (QED) is 0.756. The van der Waals surface area contributed by atoms with Crippen molar-refractivity contribution >= 4 is 23.5 Å². The number of amides is 1. The van der Waals surface area contributed by atoms with Crippen LogP contribution in [0.2, 0.25) is 0 Å². The van der Waals surface area contributed by atoms with E-state index in [9.17, 15) is 14.4 Å². The summed E-state index contributed by atoms with van der Waals surface area (Å²) in [5, 5.41) is 2.65. The molecule has 2 bridgehead atoms. The molecule has 0 spiro atoms. The maximum absolute atomic E-state index is 12.0. The van der Waals surface area contributed by atoms with E-state index in [4.69, 9.17) is 9.47 Å². The highest BCUT2D eigenvalue weighted by Gasteiger charge is 2.40. The van der Waals surface area contributed by atoms with Gasteiger partial charge in [-0.2, -0.15) is 0 Å². The first-order valence-electron chi connectivity index (χ1n) is 9.27. The molecule has 0 aliphatic heterocycles. The van der Waals surface area contributed by atoms with Crippen LogP contribution in [0.1, 0.15) is 49.4 Å². The highest BCUT2D eigenvalue weighted by Crippen LogP contribution is 2.49. The van der Waals surface area contributed by atoms with Crippen molar-refractivity contribution in [3.63, 3.8) is 0 Å². The topological polar surface area (TPSA) is 81.7 Å². The van der Waals surface area contributed by atoms with E-state index in [1.165, 1.54) is 19.3 Å². The Morgan fingerprint density at radius 3 is 2.46 bits per heavy atom. The monoisotopic (exact) mass is 359 g/mol. The van der Waals surface area contributed by atoms with Gasteiger partial charge in [0.25, 0.3) is 5.91 Å². The molecule has 2 saturated carbocycles. The molecule has 1 aromatic carbocycles. The first kappa shape index (κ1) is 18.4. The van der Waals surface area contributed by atoms with Crippen LogP contribution in [0.4, 0.5) is 5.69 Å². The average Bonchev–Trinajstić information content (AvgIpc) is 3.24. The summed E-state index contributed by atoms with van der Waals surface area (Å²) >= 11 is 0. The van der Waals surface area contributed by atoms with Crippen molar-refractivity contribution < 1.29 is 23.9 Å². The molecule has 1 aromatic rings. The van der Waals surface area contributed by atoms with E-state index < -0.39 is 11.9 Å². The lowest BCUT2D eigenvalue weighted by Gasteiger charge is -2.20. The molecule has 1 N–H and O–H groups in total. The van der Waals surface area contributed by atoms with Crippen LogP contribution in [0.3, 0.4) is 0 Å². The summed E-state index contributed by atoms with van der Waals surface area (Å²) in [5.74, 6) is 0.795. The van der Waals surface area contributed by atoms with Gasteiger partial charge in [-0.15, -0.1) is 0 Å². The Hall–Kier alpha value is -2.37. The zero-order valence-electron chi connectivity index (χ0n) is 15.0. The SMILES string of the molecule is CCOC(=O)c1ccc(NC(=O)COC(=O)C[C@H]2C[C@H]3CC[C@@H]2C3)cc1. The summed E-state index contributed by atoms with van der Waals surface area (Å²) in [7, 11) is 0. The van der Waals surface area contributed by atoms with Crippen LogP contribution in [0.5, 0.6) is 0 Å². The number of nitrogens with one attached hydrogen (secondary N) is 1. The van der Waals surface area contributed by atoms with Crippen molar-refractivity contribution in [3.05, 3.63) is 29.8 Å². The van der Waals surface area contributed by atoms with Gasteiger partial charge in [0.2, 0.25) is 0 Å². The molecule has 3 atom stereocenters. The minimum absolute atomic E-state index is 0.292. The Morgan fingerprint density at radius 2 is 1.85 bits per heavy atom. The molecule has 2 aliphatic rings. The Bertz CT molecular complexity index is 669. The molecule has 6 nitrogen and oxygen atoms in total. The fourth-order valence-electron chi connectivity index (χ4n) is 4.15. The smallest absolute Gasteiger partial charge is 0.338 e. The number of anilines is 1. The molecule has 3 rings (SSSR count). The molecular weight excluding hydrogens is 334 g/mol. The number of ether oxygens (including phenoxy) is 2. The second-order valence-corrected chi connectivity index (χ2v) is 7.15. The Labute approximate surface area is 153 Å². The molecular formula is C20H25NO5. The van der Waals surface area contributed by atoms with Gasteiger partial charge in [-0.3, -0.25) is 9.59 Å². The van der Waals surface area contributed by atoms with Crippen LogP contribution in [-0.2, 0) is 19.1 Å². The molecule has 0 saturated heterocycles. The summed E-state index contributed by atoms with van der Waals surface area (Å²) in [4.78, 5) is 35.5. The fraction of sp³-hybridized carbons (Fsp3) is 0.550. The molecule has 0 aromatic heterocycles. The van der Waals surface area contributed by atoms with Gasteiger partial charge >= 0.3 is 11.9 Å². The van der Waals surface area contributed by atoms with Crippen molar-refractivity contribution in [2.75, 3.05) is 18.5 Å². The average molecular weight is 359 g/mol. The fourth-order valence-corrected chi connectivity index (χ4v) is 4.15. The van der Waals surface area contributed by atoms with Crippen molar-refractivity contribution in [1.82, 2.24) is 0 Å². The number of hydrogen-bond donors (Lipinski definition) is 1. The molecule has 140 valence electrons. The van der Waals surface area contributed by atoms with Crippen LogP contribution in [-0.4, -0.2) is 31.1 Å². The first-order valence-corrected chi connectivity index (χ1v) is 9.27. The van der Waals surface area contributed by atoms with Gasteiger partial charge in [-0.05, 0) is 68.2 Å². The Kier molecular flexibility index (Phi) is 5.91. The van der Waals surface area contributed by atoms with Gasteiger partial charge in [0.05, 0.1) is 12.2 Å². The highest BCUT2D eigenvalue weighted by atomic mass is 16.5. The largest absolute Gasteiger partial charge is 0.462 e. The van der Waals surface area contributed by atoms with Gasteiger partial charge in [-0.1, -0.05) is 6.42 Å². The zero-order valence-corrected chi connectivity index (χ0v) is 15.0. The van der Waals surface area contributed by atoms with Crippen molar-refractivity contribution in [2.24, 2.45) is 17.8 Å². The summed E-state index contributed by atoms with van der Waals surface area (Å²) in [6.07, 6.45) is 5.32. The number of fused-ring (bicyclic) bond motifs is 2. The number of benzene rings is 1. The molecule has 2 fully saturated rings. The standard InChI is InChI=1S/C20H25NO5/c1-2-25-20(24)14-5-7-17(8-6-14)21-18(22)12-26-19(23)11-16-10-13-3-4-15(16)9-13/h5-8,13,15-16H,2-4,9-12H2,1H3,(H,21,22)/t13-,15+,16+/m0/s1. The van der Waals surface area contributed by atoms with Gasteiger partial charge in [0, 0.05) is 12.1 Å². The third kappa shape index (κ3) is 4.62. The number of rotatable bonds is 7. The van der Waals surface area contributed by atoms with E-state index in [2.05, 4.69) is 5.32 Å². The van der Waals surface area contributed by atoms with Gasteiger partial charge < -0.3 is 14.8 Å². The second kappa shape index (κ2) is 8.34. The number of esters is 2. The number of carbonyl (C=O) groups excluding carboxylic acids is 3. The van der Waals surface area contributed by atoms with Crippen LogP contribution in [0.25, 0.3) is 0 Å². The normalized spacial score (nSPS) is 23.5. The van der Waals surface area contributed by atoms with Crippen molar-refractivity contribution in [1.29, 1.82) is 0 Å². The first-order chi connectivity index (χ1) is 12.5. The van der Waals surface area contributed by atoms with Gasteiger partial charge in [0.15, 0.2) is 6.61 Å². The molecule has 0 heterocycles. The maximum atomic E-state index is 12.0. The molecule has 0 radical (unpaired) electrons. The highest BCUT2D eigenvalue weighted by molar-refractivity contribution is 5.94. The summed E-state index contributed by atoms with van der Waals surface area (Å²) in [5.41, 5.74) is 0.953. The molecule has 26 heavy (non-hydrogen) atoms. The van der Waals surface area contributed by atoms with E-state index in [-0.39, 0.29) is 12.6 Å². The molecule has 2 aliphatic carbocycles. The van der Waals surface area contributed by atoms with E-state index in [1.807, 2.05) is 0 Å². The van der Waals surface area contributed by atoms with E-state index in [0.29, 0.717) is 36.1 Å². The van der Waals surface area contributed by atoms with E-state index >= 15 is 0 Å². The van der Waals surface area contributed by atoms with E-state index in [0.717, 1.165) is 12.3 Å². The summed E-state index contributed by atoms with van der Waals surface area (Å²) in [6, 6.07) is 6.38.